The van der Waals surface area contributed by atoms with Crippen LogP contribution in [0.15, 0.2) is 30.3 Å². The topological polar surface area (TPSA) is 21.6 Å². The van der Waals surface area contributed by atoms with Gasteiger partial charge in [-0.25, -0.2) is 0 Å². The van der Waals surface area contributed by atoms with Crippen LogP contribution in [0.1, 0.15) is 12.8 Å². The first-order chi connectivity index (χ1) is 5.36. The Balaban J connectivity index is 2.30. The zero-order chi connectivity index (χ0) is 8.10. The van der Waals surface area contributed by atoms with E-state index >= 15 is 0 Å². The summed E-state index contributed by atoms with van der Waals surface area (Å²) < 4.78 is 5.45. The third-order valence-electron chi connectivity index (χ3n) is 1.52. The maximum Gasteiger partial charge on any atom is 0.187 e. The van der Waals surface area contributed by atoms with Crippen LogP contribution in [0.3, 0.4) is 0 Å². The largest absolute Gasteiger partial charge is 0.475 e. The summed E-state index contributed by atoms with van der Waals surface area (Å²) in [7, 11) is 0. The van der Waals surface area contributed by atoms with Crippen LogP contribution in [0.5, 0.6) is 0 Å². The van der Waals surface area contributed by atoms with E-state index < -0.39 is 0 Å². The summed E-state index contributed by atoms with van der Waals surface area (Å²) in [5, 5.41) is 0. The second-order valence-corrected chi connectivity index (χ2v) is 2.49. The van der Waals surface area contributed by atoms with Crippen LogP contribution in [-0.4, -0.2) is 18.5 Å². The highest BCUT2D eigenvalue weighted by Crippen LogP contribution is 2.10. The van der Waals surface area contributed by atoms with Gasteiger partial charge in [0, 0.05) is 12.8 Å². The Kier molecular flexibility index (Phi) is 2.90. The maximum absolute atomic E-state index is 5.45. The Morgan fingerprint density at radius 2 is 2.36 bits per heavy atom. The predicted molar refractivity (Wildman–Crippen MR) is 46.8 cm³/mol. The molecule has 0 spiro atoms. The van der Waals surface area contributed by atoms with Crippen molar-refractivity contribution in [1.29, 1.82) is 0 Å². The van der Waals surface area contributed by atoms with Gasteiger partial charge in [0.25, 0.3) is 0 Å². The quantitative estimate of drug-likeness (QED) is 0.563. The molecule has 0 aromatic carbocycles. The molecule has 1 unspecified atom stereocenters. The Morgan fingerprint density at radius 3 is 3.00 bits per heavy atom. The minimum Gasteiger partial charge on any atom is -0.475 e. The van der Waals surface area contributed by atoms with Gasteiger partial charge in [-0.15, -0.1) is 13.2 Å². The van der Waals surface area contributed by atoms with Gasteiger partial charge < -0.3 is 4.74 Å². The molecule has 0 aliphatic carbocycles. The Morgan fingerprint density at radius 1 is 1.55 bits per heavy atom. The molecule has 1 aliphatic rings. The van der Waals surface area contributed by atoms with E-state index in [0.717, 1.165) is 25.3 Å². The van der Waals surface area contributed by atoms with E-state index in [-0.39, 0.29) is 6.10 Å². The highest BCUT2D eigenvalue weighted by molar-refractivity contribution is 5.78. The molecule has 11 heavy (non-hydrogen) atoms. The van der Waals surface area contributed by atoms with Crippen molar-refractivity contribution in [2.45, 2.75) is 18.9 Å². The van der Waals surface area contributed by atoms with Gasteiger partial charge in [-0.1, -0.05) is 12.2 Å². The Labute approximate surface area is 67.3 Å². The molecule has 1 atom stereocenters. The van der Waals surface area contributed by atoms with Crippen molar-refractivity contribution in [3.8, 4) is 0 Å². The minimum absolute atomic E-state index is 0.224. The van der Waals surface area contributed by atoms with E-state index in [2.05, 4.69) is 18.2 Å². The molecule has 0 saturated heterocycles. The van der Waals surface area contributed by atoms with E-state index in [1.54, 1.807) is 6.08 Å². The van der Waals surface area contributed by atoms with Crippen molar-refractivity contribution >= 4 is 5.90 Å². The highest BCUT2D eigenvalue weighted by Gasteiger charge is 2.16. The number of aliphatic imine (C=N–C) groups is 1. The van der Waals surface area contributed by atoms with Crippen molar-refractivity contribution in [1.82, 2.24) is 0 Å². The van der Waals surface area contributed by atoms with E-state index in [1.807, 2.05) is 6.08 Å². The van der Waals surface area contributed by atoms with Crippen LogP contribution in [0.2, 0.25) is 0 Å². The summed E-state index contributed by atoms with van der Waals surface area (Å²) in [6.07, 6.45) is 5.51. The summed E-state index contributed by atoms with van der Waals surface area (Å²) in [5.74, 6) is 0.812. The van der Waals surface area contributed by atoms with Gasteiger partial charge in [0.2, 0.25) is 0 Å². The summed E-state index contributed by atoms with van der Waals surface area (Å²) in [6, 6.07) is 0. The average Bonchev–Trinajstić information content (AvgIpc) is 2.38. The zero-order valence-corrected chi connectivity index (χ0v) is 6.62. The molecular formula is C9H13NO. The van der Waals surface area contributed by atoms with Crippen LogP contribution in [0.25, 0.3) is 0 Å². The fourth-order valence-electron chi connectivity index (χ4n) is 1.02. The number of rotatable bonds is 4. The predicted octanol–water partition coefficient (Wildman–Crippen LogP) is 1.94. The van der Waals surface area contributed by atoms with Crippen molar-refractivity contribution in [2.24, 2.45) is 4.99 Å². The van der Waals surface area contributed by atoms with Gasteiger partial charge in [0.05, 0.1) is 6.54 Å². The molecule has 1 rings (SSSR count). The first kappa shape index (κ1) is 8.05. The van der Waals surface area contributed by atoms with E-state index in [9.17, 15) is 0 Å². The Hall–Kier alpha value is -1.05. The lowest BCUT2D eigenvalue weighted by atomic mass is 10.2. The molecule has 0 N–H and O–H groups in total. The van der Waals surface area contributed by atoms with Gasteiger partial charge in [-0.3, -0.25) is 4.99 Å². The standard InChI is InChI=1S/C9H13NO/c1-3-5-8-7-10-9(11-8)6-4-2/h3-4,8H,1-2,5-7H2. The molecule has 0 aromatic heterocycles. The lowest BCUT2D eigenvalue weighted by Crippen LogP contribution is -2.11. The summed E-state index contributed by atoms with van der Waals surface area (Å²) >= 11 is 0. The molecule has 2 nitrogen and oxygen atoms in total. The summed E-state index contributed by atoms with van der Waals surface area (Å²) in [4.78, 5) is 4.20. The monoisotopic (exact) mass is 151 g/mol. The Bertz CT molecular complexity index is 184. The van der Waals surface area contributed by atoms with E-state index in [1.165, 1.54) is 0 Å². The molecule has 1 heterocycles. The normalized spacial score (nSPS) is 22.2. The maximum atomic E-state index is 5.45. The second-order valence-electron chi connectivity index (χ2n) is 2.49. The van der Waals surface area contributed by atoms with Crippen LogP contribution in [0.4, 0.5) is 0 Å². The number of ether oxygens (including phenoxy) is 1. The lowest BCUT2D eigenvalue weighted by molar-refractivity contribution is 0.224. The molecule has 0 bridgehead atoms. The van der Waals surface area contributed by atoms with Gasteiger partial charge >= 0.3 is 0 Å². The van der Waals surface area contributed by atoms with Gasteiger partial charge in [-0.2, -0.15) is 0 Å². The van der Waals surface area contributed by atoms with Gasteiger partial charge in [0.1, 0.15) is 6.10 Å². The van der Waals surface area contributed by atoms with Gasteiger partial charge in [0.15, 0.2) is 5.90 Å². The molecule has 0 aromatic rings. The molecule has 1 aliphatic heterocycles. The fraction of sp³-hybridized carbons (Fsp3) is 0.444. The van der Waals surface area contributed by atoms with Crippen LogP contribution in [-0.2, 0) is 4.74 Å². The molecule has 0 radical (unpaired) electrons. The van der Waals surface area contributed by atoms with Crippen molar-refractivity contribution in [2.75, 3.05) is 6.54 Å². The third-order valence-corrected chi connectivity index (χ3v) is 1.52. The first-order valence-electron chi connectivity index (χ1n) is 3.78. The van der Waals surface area contributed by atoms with Gasteiger partial charge in [-0.05, 0) is 0 Å². The zero-order valence-electron chi connectivity index (χ0n) is 6.62. The average molecular weight is 151 g/mol. The fourth-order valence-corrected chi connectivity index (χ4v) is 1.02. The summed E-state index contributed by atoms with van der Waals surface area (Å²) in [6.45, 7) is 8.03. The minimum atomic E-state index is 0.224. The molecule has 60 valence electrons. The third kappa shape index (κ3) is 2.22. The van der Waals surface area contributed by atoms with E-state index in [0.29, 0.717) is 0 Å². The first-order valence-corrected chi connectivity index (χ1v) is 3.78. The lowest BCUT2D eigenvalue weighted by Gasteiger charge is -2.06. The SMILES string of the molecule is C=CCC1=NCC(CC=C)O1. The van der Waals surface area contributed by atoms with Crippen LogP contribution >= 0.6 is 0 Å². The smallest absolute Gasteiger partial charge is 0.187 e. The molecule has 0 amide bonds. The van der Waals surface area contributed by atoms with E-state index in [4.69, 9.17) is 4.74 Å². The van der Waals surface area contributed by atoms with Crippen LogP contribution in [0, 0.1) is 0 Å². The summed E-state index contributed by atoms with van der Waals surface area (Å²) in [5.41, 5.74) is 0. The number of nitrogens with zero attached hydrogens (tertiary/aromatic N) is 1. The highest BCUT2D eigenvalue weighted by atomic mass is 16.5. The second kappa shape index (κ2) is 3.96. The van der Waals surface area contributed by atoms with Crippen molar-refractivity contribution in [3.63, 3.8) is 0 Å². The van der Waals surface area contributed by atoms with Crippen LogP contribution < -0.4 is 0 Å². The molecule has 2 heteroatoms. The number of hydrogen-bond donors (Lipinski definition) is 0. The van der Waals surface area contributed by atoms with Crippen molar-refractivity contribution < 1.29 is 4.74 Å². The van der Waals surface area contributed by atoms with Crippen molar-refractivity contribution in [3.05, 3.63) is 25.3 Å². The molecule has 0 fully saturated rings. The number of hydrogen-bond acceptors (Lipinski definition) is 2. The molecular weight excluding hydrogens is 138 g/mol. The molecule has 0 saturated carbocycles.